The maximum Gasteiger partial charge on any atom is 0.256 e. The summed E-state index contributed by atoms with van der Waals surface area (Å²) in [5, 5.41) is 6.09. The van der Waals surface area contributed by atoms with Gasteiger partial charge in [-0.3, -0.25) is 14.4 Å². The van der Waals surface area contributed by atoms with Gasteiger partial charge in [0.15, 0.2) is 0 Å². The highest BCUT2D eigenvalue weighted by molar-refractivity contribution is 5.99. The highest BCUT2D eigenvalue weighted by Crippen LogP contribution is 2.19. The summed E-state index contributed by atoms with van der Waals surface area (Å²) in [6, 6.07) is 0.200. The molecule has 176 valence electrons. The zero-order chi connectivity index (χ0) is 22.3. The average Bonchev–Trinajstić information content (AvgIpc) is 3.45. The molecule has 2 N–H and O–H groups in total. The van der Waals surface area contributed by atoms with Gasteiger partial charge in [0.1, 0.15) is 11.1 Å². The van der Waals surface area contributed by atoms with Gasteiger partial charge < -0.3 is 19.9 Å². The minimum absolute atomic E-state index is 0.0461. The Bertz CT molecular complexity index is 845. The van der Waals surface area contributed by atoms with Crippen LogP contribution in [-0.2, 0) is 11.3 Å². The normalized spacial score (nSPS) is 22.9. The number of pyridine rings is 1. The number of nitrogens with zero attached hydrogens (tertiary/aromatic N) is 1. The van der Waals surface area contributed by atoms with Crippen LogP contribution in [0.25, 0.3) is 0 Å². The van der Waals surface area contributed by atoms with E-state index in [0.29, 0.717) is 6.54 Å². The molecule has 32 heavy (non-hydrogen) atoms. The lowest BCUT2D eigenvalue weighted by atomic mass is 9.96. The predicted molar refractivity (Wildman–Crippen MR) is 123 cm³/mol. The van der Waals surface area contributed by atoms with Crippen molar-refractivity contribution in [1.29, 1.82) is 0 Å². The standard InChI is InChI=1S/C25H37N3O4/c29-23-21(24(30)26-18-9-4-2-1-3-5-10-18)16-28(15-20-13-8-14-32-20)17-22(23)25(31)27-19-11-6-7-12-19/h16-20H,1-15H2,(H,26,30)(H,27,31). The monoisotopic (exact) mass is 443 g/mol. The lowest BCUT2D eigenvalue weighted by Crippen LogP contribution is -2.41. The van der Waals surface area contributed by atoms with E-state index in [-0.39, 0.29) is 41.1 Å². The molecule has 7 nitrogen and oxygen atoms in total. The summed E-state index contributed by atoms with van der Waals surface area (Å²) in [4.78, 5) is 39.3. The van der Waals surface area contributed by atoms with Gasteiger partial charge in [0.05, 0.1) is 6.10 Å². The van der Waals surface area contributed by atoms with Crippen LogP contribution in [0.2, 0.25) is 0 Å². The van der Waals surface area contributed by atoms with E-state index in [1.165, 1.54) is 19.3 Å². The van der Waals surface area contributed by atoms with Crippen LogP contribution < -0.4 is 16.1 Å². The molecule has 1 unspecified atom stereocenters. The fourth-order valence-corrected chi connectivity index (χ4v) is 5.28. The number of nitrogens with one attached hydrogen (secondary N) is 2. The molecular weight excluding hydrogens is 406 g/mol. The molecule has 3 aliphatic rings. The third-order valence-corrected chi connectivity index (χ3v) is 7.14. The lowest BCUT2D eigenvalue weighted by molar-refractivity contribution is 0.0912. The van der Waals surface area contributed by atoms with E-state index >= 15 is 0 Å². The first-order valence-corrected chi connectivity index (χ1v) is 12.6. The second kappa shape index (κ2) is 11.1. The number of hydrogen-bond donors (Lipinski definition) is 2. The van der Waals surface area contributed by atoms with Crippen molar-refractivity contribution < 1.29 is 14.3 Å². The quantitative estimate of drug-likeness (QED) is 0.704. The first-order valence-electron chi connectivity index (χ1n) is 12.6. The predicted octanol–water partition coefficient (Wildman–Crippen LogP) is 3.54. The summed E-state index contributed by atoms with van der Waals surface area (Å²) in [6.45, 7) is 1.27. The molecule has 2 aliphatic carbocycles. The van der Waals surface area contributed by atoms with Crippen molar-refractivity contribution in [3.63, 3.8) is 0 Å². The minimum Gasteiger partial charge on any atom is -0.376 e. The van der Waals surface area contributed by atoms with Gasteiger partial charge in [-0.15, -0.1) is 0 Å². The highest BCUT2D eigenvalue weighted by atomic mass is 16.5. The number of ether oxygens (including phenoxy) is 1. The Morgan fingerprint density at radius 3 is 1.78 bits per heavy atom. The number of hydrogen-bond acceptors (Lipinski definition) is 4. The maximum atomic E-state index is 13.2. The van der Waals surface area contributed by atoms with E-state index in [0.717, 1.165) is 70.8 Å². The molecule has 2 amide bonds. The van der Waals surface area contributed by atoms with Crippen molar-refractivity contribution in [1.82, 2.24) is 15.2 Å². The molecule has 1 atom stereocenters. The molecular formula is C25H37N3O4. The molecule has 2 saturated carbocycles. The van der Waals surface area contributed by atoms with Crippen LogP contribution in [0.3, 0.4) is 0 Å². The summed E-state index contributed by atoms with van der Waals surface area (Å²) in [5.41, 5.74) is -0.364. The molecule has 2 heterocycles. The van der Waals surface area contributed by atoms with Gasteiger partial charge in [-0.05, 0) is 38.5 Å². The summed E-state index contributed by atoms with van der Waals surface area (Å²) in [6.07, 6.45) is 17.0. The molecule has 4 rings (SSSR count). The Labute approximate surface area is 190 Å². The summed E-state index contributed by atoms with van der Waals surface area (Å²) >= 11 is 0. The molecule has 1 aromatic rings. The number of carbonyl (C=O) groups is 2. The molecule has 1 aliphatic heterocycles. The van der Waals surface area contributed by atoms with Gasteiger partial charge in [0.2, 0.25) is 5.43 Å². The zero-order valence-corrected chi connectivity index (χ0v) is 19.1. The second-order valence-electron chi connectivity index (χ2n) is 9.72. The third kappa shape index (κ3) is 6.00. The molecule has 1 saturated heterocycles. The Balaban J connectivity index is 1.56. The Hall–Kier alpha value is -2.15. The number of rotatable bonds is 6. The van der Waals surface area contributed by atoms with Crippen LogP contribution in [0.1, 0.15) is 104 Å². The van der Waals surface area contributed by atoms with Gasteiger partial charge in [0, 0.05) is 37.6 Å². The summed E-state index contributed by atoms with van der Waals surface area (Å²) < 4.78 is 7.54. The maximum absolute atomic E-state index is 13.2. The van der Waals surface area contributed by atoms with Crippen LogP contribution in [-0.4, -0.2) is 41.2 Å². The topological polar surface area (TPSA) is 89.4 Å². The van der Waals surface area contributed by atoms with E-state index < -0.39 is 5.43 Å². The second-order valence-corrected chi connectivity index (χ2v) is 9.72. The average molecular weight is 444 g/mol. The van der Waals surface area contributed by atoms with Crippen molar-refractivity contribution in [3.8, 4) is 0 Å². The minimum atomic E-state index is -0.479. The SMILES string of the molecule is O=C(NC1CCCCCCC1)c1cn(CC2CCCO2)cc(C(=O)NC2CCCC2)c1=O. The van der Waals surface area contributed by atoms with Crippen LogP contribution in [0.4, 0.5) is 0 Å². The molecule has 7 heteroatoms. The molecule has 0 radical (unpaired) electrons. The molecule has 1 aromatic heterocycles. The highest BCUT2D eigenvalue weighted by Gasteiger charge is 2.25. The summed E-state index contributed by atoms with van der Waals surface area (Å²) in [7, 11) is 0. The van der Waals surface area contributed by atoms with Crippen LogP contribution in [0.5, 0.6) is 0 Å². The van der Waals surface area contributed by atoms with Gasteiger partial charge in [-0.1, -0.05) is 44.9 Å². The Kier molecular flexibility index (Phi) is 8.00. The molecule has 3 fully saturated rings. The molecule has 0 aromatic carbocycles. The Morgan fingerprint density at radius 2 is 1.28 bits per heavy atom. The van der Waals surface area contributed by atoms with Crippen molar-refractivity contribution in [3.05, 3.63) is 33.7 Å². The largest absolute Gasteiger partial charge is 0.376 e. The van der Waals surface area contributed by atoms with Gasteiger partial charge >= 0.3 is 0 Å². The van der Waals surface area contributed by atoms with E-state index in [9.17, 15) is 14.4 Å². The van der Waals surface area contributed by atoms with Crippen LogP contribution in [0.15, 0.2) is 17.2 Å². The third-order valence-electron chi connectivity index (χ3n) is 7.14. The molecule has 0 spiro atoms. The Morgan fingerprint density at radius 1 is 0.781 bits per heavy atom. The lowest BCUT2D eigenvalue weighted by Gasteiger charge is -2.22. The molecule has 0 bridgehead atoms. The van der Waals surface area contributed by atoms with E-state index in [2.05, 4.69) is 10.6 Å². The fraction of sp³-hybridized carbons (Fsp3) is 0.720. The zero-order valence-electron chi connectivity index (χ0n) is 19.1. The van der Waals surface area contributed by atoms with Crippen LogP contribution >= 0.6 is 0 Å². The van der Waals surface area contributed by atoms with E-state index in [4.69, 9.17) is 4.74 Å². The van der Waals surface area contributed by atoms with Crippen molar-refractivity contribution in [2.75, 3.05) is 6.61 Å². The summed E-state index contributed by atoms with van der Waals surface area (Å²) in [5.74, 6) is -0.735. The van der Waals surface area contributed by atoms with Crippen molar-refractivity contribution >= 4 is 11.8 Å². The van der Waals surface area contributed by atoms with Gasteiger partial charge in [-0.2, -0.15) is 0 Å². The number of carbonyl (C=O) groups excluding carboxylic acids is 2. The van der Waals surface area contributed by atoms with Crippen LogP contribution in [0, 0.1) is 0 Å². The van der Waals surface area contributed by atoms with Gasteiger partial charge in [0.25, 0.3) is 11.8 Å². The fourth-order valence-electron chi connectivity index (χ4n) is 5.28. The van der Waals surface area contributed by atoms with Crippen molar-refractivity contribution in [2.24, 2.45) is 0 Å². The number of amides is 2. The first-order chi connectivity index (χ1) is 15.6. The van der Waals surface area contributed by atoms with Crippen molar-refractivity contribution in [2.45, 2.75) is 108 Å². The van der Waals surface area contributed by atoms with E-state index in [1.807, 2.05) is 0 Å². The smallest absolute Gasteiger partial charge is 0.256 e. The first kappa shape index (κ1) is 23.0. The van der Waals surface area contributed by atoms with Gasteiger partial charge in [-0.25, -0.2) is 0 Å². The van der Waals surface area contributed by atoms with E-state index in [1.54, 1.807) is 17.0 Å². The number of aromatic nitrogens is 1.